The summed E-state index contributed by atoms with van der Waals surface area (Å²) in [5.74, 6) is -0.228. The average Bonchev–Trinajstić information content (AvgIpc) is 3.34. The second-order valence-corrected chi connectivity index (χ2v) is 8.82. The molecule has 2 aromatic carbocycles. The van der Waals surface area contributed by atoms with Crippen LogP contribution in [0.2, 0.25) is 0 Å². The fourth-order valence-corrected chi connectivity index (χ4v) is 4.27. The number of nitrogens with zero attached hydrogens (tertiary/aromatic N) is 3. The van der Waals surface area contributed by atoms with Crippen LogP contribution in [-0.2, 0) is 9.59 Å². The molecular weight excluding hydrogens is 459 g/mol. The Morgan fingerprint density at radius 2 is 1.85 bits per heavy atom. The van der Waals surface area contributed by atoms with E-state index in [4.69, 9.17) is 9.15 Å². The van der Waals surface area contributed by atoms with Crippen molar-refractivity contribution < 1.29 is 23.1 Å². The lowest BCUT2D eigenvalue weighted by Crippen LogP contribution is -2.42. The van der Waals surface area contributed by atoms with Crippen molar-refractivity contribution in [2.45, 2.75) is 31.1 Å². The molecule has 1 saturated heterocycles. The number of anilines is 1. The van der Waals surface area contributed by atoms with E-state index in [-0.39, 0.29) is 40.3 Å². The molecular formula is C24H25FN4O4S. The van der Waals surface area contributed by atoms with Crippen LogP contribution < -0.4 is 10.1 Å². The van der Waals surface area contributed by atoms with Crippen molar-refractivity contribution in [3.63, 3.8) is 0 Å². The summed E-state index contributed by atoms with van der Waals surface area (Å²) < 4.78 is 24.9. The molecule has 1 aliphatic rings. The number of halogens is 1. The molecule has 3 aromatic rings. The summed E-state index contributed by atoms with van der Waals surface area (Å²) in [6.07, 6.45) is 0.588. The predicted octanol–water partition coefficient (Wildman–Crippen LogP) is 4.32. The summed E-state index contributed by atoms with van der Waals surface area (Å²) in [5, 5.41) is 11.1. The number of thioether (sulfide) groups is 1. The molecule has 34 heavy (non-hydrogen) atoms. The van der Waals surface area contributed by atoms with Gasteiger partial charge in [0, 0.05) is 24.7 Å². The highest BCUT2D eigenvalue weighted by atomic mass is 32.2. The van der Waals surface area contributed by atoms with E-state index in [9.17, 15) is 14.0 Å². The van der Waals surface area contributed by atoms with Crippen molar-refractivity contribution in [3.8, 4) is 5.75 Å². The van der Waals surface area contributed by atoms with Crippen molar-refractivity contribution in [3.05, 3.63) is 66.3 Å². The van der Waals surface area contributed by atoms with Crippen LogP contribution in [0.3, 0.4) is 0 Å². The summed E-state index contributed by atoms with van der Waals surface area (Å²) in [6.45, 7) is 2.72. The molecule has 4 rings (SSSR count). The summed E-state index contributed by atoms with van der Waals surface area (Å²) in [5.41, 5.74) is 0.773. The van der Waals surface area contributed by atoms with Crippen molar-refractivity contribution in [2.75, 3.05) is 24.2 Å². The van der Waals surface area contributed by atoms with Gasteiger partial charge in [0.25, 0.3) is 11.1 Å². The fraction of sp³-hybridized carbons (Fsp3) is 0.333. The molecule has 1 aliphatic heterocycles. The number of hydrogen-bond acceptors (Lipinski definition) is 7. The maximum absolute atomic E-state index is 13.8. The Morgan fingerprint density at radius 1 is 1.15 bits per heavy atom. The molecule has 2 heterocycles. The van der Waals surface area contributed by atoms with E-state index in [2.05, 4.69) is 15.5 Å². The van der Waals surface area contributed by atoms with Crippen LogP contribution in [0.5, 0.6) is 5.75 Å². The van der Waals surface area contributed by atoms with Gasteiger partial charge in [-0.2, -0.15) is 0 Å². The molecule has 1 atom stereocenters. The highest BCUT2D eigenvalue weighted by Crippen LogP contribution is 2.26. The molecule has 0 radical (unpaired) electrons. The monoisotopic (exact) mass is 484 g/mol. The number of rotatable bonds is 8. The second-order valence-electron chi connectivity index (χ2n) is 7.90. The van der Waals surface area contributed by atoms with Gasteiger partial charge in [-0.1, -0.05) is 42.1 Å². The first-order valence-electron chi connectivity index (χ1n) is 11.0. The molecule has 10 heteroatoms. The quantitative estimate of drug-likeness (QED) is 0.476. The molecule has 0 saturated carbocycles. The third-order valence-electron chi connectivity index (χ3n) is 5.49. The molecule has 1 aromatic heterocycles. The Morgan fingerprint density at radius 3 is 2.59 bits per heavy atom. The lowest BCUT2D eigenvalue weighted by Gasteiger charge is -2.31. The van der Waals surface area contributed by atoms with Crippen molar-refractivity contribution >= 4 is 29.3 Å². The van der Waals surface area contributed by atoms with E-state index < -0.39 is 11.9 Å². The van der Waals surface area contributed by atoms with Gasteiger partial charge in [0.05, 0.1) is 5.75 Å². The topological polar surface area (TPSA) is 97.6 Å². The highest BCUT2D eigenvalue weighted by Gasteiger charge is 2.28. The molecule has 1 fully saturated rings. The number of ether oxygens (including phenoxy) is 1. The van der Waals surface area contributed by atoms with E-state index in [1.807, 2.05) is 30.3 Å². The van der Waals surface area contributed by atoms with Gasteiger partial charge < -0.3 is 19.4 Å². The van der Waals surface area contributed by atoms with Crippen LogP contribution in [0.15, 0.2) is 64.2 Å². The van der Waals surface area contributed by atoms with Gasteiger partial charge in [-0.05, 0) is 44.0 Å². The van der Waals surface area contributed by atoms with Gasteiger partial charge in [0.1, 0.15) is 0 Å². The van der Waals surface area contributed by atoms with E-state index in [1.165, 1.54) is 12.1 Å². The van der Waals surface area contributed by atoms with Crippen LogP contribution >= 0.6 is 11.8 Å². The summed E-state index contributed by atoms with van der Waals surface area (Å²) in [6, 6.07) is 15.4. The first-order valence-corrected chi connectivity index (χ1v) is 12.0. The Hall–Kier alpha value is -3.40. The van der Waals surface area contributed by atoms with E-state index >= 15 is 0 Å². The first-order chi connectivity index (χ1) is 16.5. The number of piperidine rings is 1. The van der Waals surface area contributed by atoms with Crippen molar-refractivity contribution in [1.82, 2.24) is 15.1 Å². The highest BCUT2D eigenvalue weighted by molar-refractivity contribution is 7.99. The van der Waals surface area contributed by atoms with E-state index in [0.717, 1.165) is 17.4 Å². The first kappa shape index (κ1) is 23.7. The minimum Gasteiger partial charge on any atom is -0.478 e. The molecule has 1 N–H and O–H groups in total. The van der Waals surface area contributed by atoms with Crippen LogP contribution in [0.4, 0.5) is 10.1 Å². The van der Waals surface area contributed by atoms with E-state index in [1.54, 1.807) is 24.0 Å². The zero-order valence-corrected chi connectivity index (χ0v) is 19.5. The summed E-state index contributed by atoms with van der Waals surface area (Å²) >= 11 is 1.14. The molecule has 1 unspecified atom stereocenters. The van der Waals surface area contributed by atoms with Gasteiger partial charge in [0.2, 0.25) is 11.8 Å². The molecule has 0 spiro atoms. The minimum atomic E-state index is -0.643. The Bertz CT molecular complexity index is 1120. The van der Waals surface area contributed by atoms with Crippen molar-refractivity contribution in [1.29, 1.82) is 0 Å². The van der Waals surface area contributed by atoms with Gasteiger partial charge in [-0.3, -0.25) is 9.59 Å². The zero-order chi connectivity index (χ0) is 23.9. The predicted molar refractivity (Wildman–Crippen MR) is 125 cm³/mol. The number of para-hydroxylation sites is 2. The maximum atomic E-state index is 13.8. The molecule has 8 nitrogen and oxygen atoms in total. The van der Waals surface area contributed by atoms with Gasteiger partial charge in [-0.25, -0.2) is 4.39 Å². The number of amides is 2. The molecule has 178 valence electrons. The SMILES string of the molecule is CC(Oc1ccccc1F)c1nnc(SCC(=O)N2CCC(C(=O)Nc3ccccc3)CC2)o1. The Labute approximate surface area is 200 Å². The Kier molecular flexibility index (Phi) is 7.79. The lowest BCUT2D eigenvalue weighted by molar-refractivity contribution is -0.132. The van der Waals surface area contributed by atoms with Crippen LogP contribution in [0, 0.1) is 11.7 Å². The minimum absolute atomic E-state index is 0.0159. The number of benzene rings is 2. The van der Waals surface area contributed by atoms with Gasteiger partial charge in [0.15, 0.2) is 17.7 Å². The lowest BCUT2D eigenvalue weighted by atomic mass is 9.96. The summed E-state index contributed by atoms with van der Waals surface area (Å²) in [7, 11) is 0. The third-order valence-corrected chi connectivity index (χ3v) is 6.29. The number of hydrogen-bond donors (Lipinski definition) is 1. The van der Waals surface area contributed by atoms with Crippen LogP contribution in [-0.4, -0.2) is 45.8 Å². The third kappa shape index (κ3) is 6.13. The van der Waals surface area contributed by atoms with Crippen LogP contribution in [0.25, 0.3) is 0 Å². The Balaban J connectivity index is 1.21. The zero-order valence-electron chi connectivity index (χ0n) is 18.6. The number of nitrogens with one attached hydrogen (secondary N) is 1. The maximum Gasteiger partial charge on any atom is 0.277 e. The second kappa shape index (κ2) is 11.1. The fourth-order valence-electron chi connectivity index (χ4n) is 3.60. The van der Waals surface area contributed by atoms with Gasteiger partial charge >= 0.3 is 0 Å². The number of carbonyl (C=O) groups excluding carboxylic acids is 2. The number of likely N-dealkylation sites (tertiary alicyclic amines) is 1. The molecule has 0 aliphatic carbocycles. The molecule has 0 bridgehead atoms. The number of aromatic nitrogens is 2. The summed E-state index contributed by atoms with van der Waals surface area (Å²) in [4.78, 5) is 26.8. The standard InChI is InChI=1S/C24H25FN4O4S/c1-16(32-20-10-6-5-9-19(20)25)23-27-28-24(33-23)34-15-21(30)29-13-11-17(12-14-29)22(31)26-18-7-3-2-4-8-18/h2-10,16-17H,11-15H2,1H3,(H,26,31). The average molecular weight is 485 g/mol. The normalized spacial score (nSPS) is 15.1. The van der Waals surface area contributed by atoms with Crippen molar-refractivity contribution in [2.24, 2.45) is 5.92 Å². The smallest absolute Gasteiger partial charge is 0.277 e. The largest absolute Gasteiger partial charge is 0.478 e. The van der Waals surface area contributed by atoms with E-state index in [0.29, 0.717) is 25.9 Å². The van der Waals surface area contributed by atoms with Gasteiger partial charge in [-0.15, -0.1) is 10.2 Å². The van der Waals surface area contributed by atoms with Crippen LogP contribution in [0.1, 0.15) is 31.8 Å². The molecule has 2 amide bonds. The number of carbonyl (C=O) groups is 2.